The lowest BCUT2D eigenvalue weighted by Gasteiger charge is -2.13. The van der Waals surface area contributed by atoms with Crippen molar-refractivity contribution in [1.29, 1.82) is 0 Å². The molecule has 0 saturated heterocycles. The van der Waals surface area contributed by atoms with Gasteiger partial charge in [-0.1, -0.05) is 61.8 Å². The monoisotopic (exact) mass is 259 g/mol. The Hall–Kier alpha value is -1.31. The highest BCUT2D eigenvalue weighted by molar-refractivity contribution is 6.31. The van der Waals surface area contributed by atoms with Crippen LogP contribution in [0.4, 0.5) is 0 Å². The highest BCUT2D eigenvalue weighted by Gasteiger charge is 2.09. The Kier molecular flexibility index (Phi) is 4.05. The van der Waals surface area contributed by atoms with Gasteiger partial charge in [0.1, 0.15) is 0 Å². The normalized spacial score (nSPS) is 10.9. The molecule has 0 saturated carbocycles. The minimum Gasteiger partial charge on any atom is -0.326 e. The van der Waals surface area contributed by atoms with E-state index < -0.39 is 0 Å². The van der Waals surface area contributed by atoms with E-state index in [1.807, 2.05) is 12.1 Å². The Bertz CT molecular complexity index is 547. The lowest BCUT2D eigenvalue weighted by atomic mass is 9.92. The van der Waals surface area contributed by atoms with Crippen LogP contribution in [0.25, 0.3) is 11.1 Å². The van der Waals surface area contributed by atoms with Crippen molar-refractivity contribution in [3.05, 3.63) is 58.6 Å². The fraction of sp³-hybridized carbons (Fsp3) is 0.250. The Morgan fingerprint density at radius 1 is 1.11 bits per heavy atom. The van der Waals surface area contributed by atoms with Crippen molar-refractivity contribution in [2.24, 2.45) is 5.73 Å². The van der Waals surface area contributed by atoms with Gasteiger partial charge in [0.2, 0.25) is 0 Å². The second-order valence-electron chi connectivity index (χ2n) is 4.75. The number of rotatable bonds is 3. The van der Waals surface area contributed by atoms with E-state index in [-0.39, 0.29) is 0 Å². The molecule has 0 aliphatic carbocycles. The van der Waals surface area contributed by atoms with Gasteiger partial charge < -0.3 is 5.73 Å². The quantitative estimate of drug-likeness (QED) is 0.857. The van der Waals surface area contributed by atoms with Crippen LogP contribution in [0.5, 0.6) is 0 Å². The van der Waals surface area contributed by atoms with Gasteiger partial charge in [-0.25, -0.2) is 0 Å². The third-order valence-electron chi connectivity index (χ3n) is 3.17. The van der Waals surface area contributed by atoms with E-state index in [4.69, 9.17) is 17.3 Å². The summed E-state index contributed by atoms with van der Waals surface area (Å²) in [6.07, 6.45) is 0. The number of hydrogen-bond acceptors (Lipinski definition) is 1. The van der Waals surface area contributed by atoms with Gasteiger partial charge in [-0.05, 0) is 34.2 Å². The van der Waals surface area contributed by atoms with Crippen LogP contribution in [-0.4, -0.2) is 0 Å². The van der Waals surface area contributed by atoms with Gasteiger partial charge in [-0.3, -0.25) is 0 Å². The Labute approximate surface area is 114 Å². The summed E-state index contributed by atoms with van der Waals surface area (Å²) >= 11 is 6.23. The molecule has 94 valence electrons. The average Bonchev–Trinajstić information content (AvgIpc) is 2.38. The van der Waals surface area contributed by atoms with E-state index in [9.17, 15) is 0 Å². The Morgan fingerprint density at radius 3 is 2.44 bits per heavy atom. The molecule has 0 spiro atoms. The van der Waals surface area contributed by atoms with Crippen LogP contribution in [0.2, 0.25) is 5.02 Å². The van der Waals surface area contributed by atoms with E-state index >= 15 is 0 Å². The molecule has 2 aromatic rings. The van der Waals surface area contributed by atoms with Crippen LogP contribution in [0.1, 0.15) is 30.9 Å². The van der Waals surface area contributed by atoms with Crippen molar-refractivity contribution in [2.45, 2.75) is 26.3 Å². The maximum absolute atomic E-state index is 6.23. The molecule has 18 heavy (non-hydrogen) atoms. The lowest BCUT2D eigenvalue weighted by Crippen LogP contribution is -1.97. The molecule has 0 bridgehead atoms. The zero-order valence-corrected chi connectivity index (χ0v) is 11.5. The summed E-state index contributed by atoms with van der Waals surface area (Å²) < 4.78 is 0. The number of benzene rings is 2. The molecule has 0 amide bonds. The molecule has 0 heterocycles. The first-order chi connectivity index (χ1) is 8.63. The first-order valence-corrected chi connectivity index (χ1v) is 6.59. The molecule has 2 heteroatoms. The van der Waals surface area contributed by atoms with E-state index in [0.29, 0.717) is 12.5 Å². The van der Waals surface area contributed by atoms with Gasteiger partial charge in [0, 0.05) is 11.6 Å². The maximum atomic E-state index is 6.23. The predicted octanol–water partition coefficient (Wildman–Crippen LogP) is 4.59. The van der Waals surface area contributed by atoms with Crippen molar-refractivity contribution in [3.63, 3.8) is 0 Å². The van der Waals surface area contributed by atoms with Crippen molar-refractivity contribution in [1.82, 2.24) is 0 Å². The van der Waals surface area contributed by atoms with Gasteiger partial charge in [-0.15, -0.1) is 0 Å². The summed E-state index contributed by atoms with van der Waals surface area (Å²) in [5.41, 5.74) is 10.4. The molecule has 2 aromatic carbocycles. The largest absolute Gasteiger partial charge is 0.326 e. The molecule has 0 atom stereocenters. The fourth-order valence-corrected chi connectivity index (χ4v) is 2.40. The molecule has 0 radical (unpaired) electrons. The van der Waals surface area contributed by atoms with Crippen LogP contribution in [0, 0.1) is 0 Å². The molecule has 0 aliphatic heterocycles. The van der Waals surface area contributed by atoms with Crippen molar-refractivity contribution in [2.75, 3.05) is 0 Å². The Balaban J connectivity index is 2.52. The molecule has 0 aromatic heterocycles. The predicted molar refractivity (Wildman–Crippen MR) is 78.9 cm³/mol. The van der Waals surface area contributed by atoms with E-state index in [0.717, 1.165) is 16.1 Å². The SMILES string of the molecule is CC(C)c1ccccc1-c1ccc(CN)c(Cl)c1. The molecule has 0 fully saturated rings. The summed E-state index contributed by atoms with van der Waals surface area (Å²) in [4.78, 5) is 0. The zero-order valence-electron chi connectivity index (χ0n) is 10.8. The first-order valence-electron chi connectivity index (χ1n) is 6.21. The molecule has 0 unspecified atom stereocenters. The van der Waals surface area contributed by atoms with Gasteiger partial charge >= 0.3 is 0 Å². The fourth-order valence-electron chi connectivity index (χ4n) is 2.14. The highest BCUT2D eigenvalue weighted by Crippen LogP contribution is 2.31. The standard InChI is InChI=1S/C16H18ClN/c1-11(2)14-5-3-4-6-15(14)12-7-8-13(10-18)16(17)9-12/h3-9,11H,10,18H2,1-2H3. The second kappa shape index (κ2) is 5.55. The van der Waals surface area contributed by atoms with Crippen LogP contribution in [0.15, 0.2) is 42.5 Å². The molecule has 2 rings (SSSR count). The Morgan fingerprint density at radius 2 is 1.83 bits per heavy atom. The number of hydrogen-bond donors (Lipinski definition) is 1. The van der Waals surface area contributed by atoms with Crippen molar-refractivity contribution < 1.29 is 0 Å². The molecule has 2 N–H and O–H groups in total. The van der Waals surface area contributed by atoms with Gasteiger partial charge in [-0.2, -0.15) is 0 Å². The minimum atomic E-state index is 0.477. The first kappa shape index (κ1) is 13.1. The van der Waals surface area contributed by atoms with Crippen molar-refractivity contribution in [3.8, 4) is 11.1 Å². The van der Waals surface area contributed by atoms with Gasteiger partial charge in [0.25, 0.3) is 0 Å². The van der Waals surface area contributed by atoms with Crippen molar-refractivity contribution >= 4 is 11.6 Å². The number of nitrogens with two attached hydrogens (primary N) is 1. The summed E-state index contributed by atoms with van der Waals surface area (Å²) in [7, 11) is 0. The summed E-state index contributed by atoms with van der Waals surface area (Å²) in [5.74, 6) is 0.495. The third kappa shape index (κ3) is 2.58. The molecular formula is C16H18ClN. The zero-order chi connectivity index (χ0) is 13.1. The minimum absolute atomic E-state index is 0.477. The highest BCUT2D eigenvalue weighted by atomic mass is 35.5. The molecule has 0 aliphatic rings. The summed E-state index contributed by atoms with van der Waals surface area (Å²) in [6, 6.07) is 14.6. The number of halogens is 1. The second-order valence-corrected chi connectivity index (χ2v) is 5.16. The smallest absolute Gasteiger partial charge is 0.0457 e. The average molecular weight is 260 g/mol. The molecule has 1 nitrogen and oxygen atoms in total. The van der Waals surface area contributed by atoms with E-state index in [1.165, 1.54) is 11.1 Å². The van der Waals surface area contributed by atoms with Gasteiger partial charge in [0.05, 0.1) is 0 Å². The van der Waals surface area contributed by atoms with Gasteiger partial charge in [0.15, 0.2) is 0 Å². The third-order valence-corrected chi connectivity index (χ3v) is 3.52. The van der Waals surface area contributed by atoms with E-state index in [2.05, 4.69) is 44.2 Å². The summed E-state index contributed by atoms with van der Waals surface area (Å²) in [5, 5.41) is 0.744. The van der Waals surface area contributed by atoms with Crippen LogP contribution in [-0.2, 0) is 6.54 Å². The van der Waals surface area contributed by atoms with Crippen LogP contribution >= 0.6 is 11.6 Å². The van der Waals surface area contributed by atoms with Crippen LogP contribution in [0.3, 0.4) is 0 Å². The topological polar surface area (TPSA) is 26.0 Å². The summed E-state index contributed by atoms with van der Waals surface area (Å²) in [6.45, 7) is 4.88. The molecular weight excluding hydrogens is 242 g/mol. The lowest BCUT2D eigenvalue weighted by molar-refractivity contribution is 0.869. The van der Waals surface area contributed by atoms with Crippen LogP contribution < -0.4 is 5.73 Å². The maximum Gasteiger partial charge on any atom is 0.0457 e. The van der Waals surface area contributed by atoms with E-state index in [1.54, 1.807) is 0 Å².